The van der Waals surface area contributed by atoms with E-state index in [1.54, 1.807) is 6.92 Å². The Morgan fingerprint density at radius 2 is 2.15 bits per heavy atom. The molecular weight excluding hydrogens is 381 g/mol. The molecule has 2 amide bonds. The monoisotopic (exact) mass is 399 g/mol. The summed E-state index contributed by atoms with van der Waals surface area (Å²) in [6.07, 6.45) is -0.638. The zero-order chi connectivity index (χ0) is 19.8. The highest BCUT2D eigenvalue weighted by Gasteiger charge is 2.13. The van der Waals surface area contributed by atoms with Crippen molar-refractivity contribution in [2.24, 2.45) is 0 Å². The number of ether oxygens (including phenoxy) is 1. The summed E-state index contributed by atoms with van der Waals surface area (Å²) in [6, 6.07) is 5.34. The number of aliphatic hydroxyl groups is 1. The van der Waals surface area contributed by atoms with Crippen molar-refractivity contribution in [2.45, 2.75) is 19.4 Å². The molecule has 2 rings (SSSR count). The van der Waals surface area contributed by atoms with Crippen LogP contribution >= 0.6 is 11.6 Å². The van der Waals surface area contributed by atoms with Crippen LogP contribution in [0.4, 0.5) is 4.39 Å². The van der Waals surface area contributed by atoms with E-state index in [0.717, 1.165) is 6.07 Å². The van der Waals surface area contributed by atoms with Gasteiger partial charge in [-0.1, -0.05) is 16.8 Å². The number of halogens is 2. The summed E-state index contributed by atoms with van der Waals surface area (Å²) in [4.78, 5) is 23.4. The normalized spacial score (nSPS) is 11.7. The highest BCUT2D eigenvalue weighted by molar-refractivity contribution is 6.30. The fourth-order valence-corrected chi connectivity index (χ4v) is 2.13. The fourth-order valence-electron chi connectivity index (χ4n) is 2.02. The van der Waals surface area contributed by atoms with Gasteiger partial charge in [0.2, 0.25) is 5.76 Å². The molecule has 0 saturated heterocycles. The SMILES string of the molecule is Cc1cc(C(=O)NCC(O)CCNC(=O)COc2ccc(Cl)c(F)c2)on1. The molecule has 0 aliphatic carbocycles. The third-order valence-electron chi connectivity index (χ3n) is 3.41. The van der Waals surface area contributed by atoms with E-state index >= 15 is 0 Å². The van der Waals surface area contributed by atoms with E-state index in [1.807, 2.05) is 0 Å². The highest BCUT2D eigenvalue weighted by atomic mass is 35.5. The van der Waals surface area contributed by atoms with Gasteiger partial charge in [-0.15, -0.1) is 0 Å². The molecule has 1 aromatic heterocycles. The Morgan fingerprint density at radius 3 is 2.81 bits per heavy atom. The summed E-state index contributed by atoms with van der Waals surface area (Å²) in [5, 5.41) is 18.4. The minimum absolute atomic E-state index is 0.00496. The molecule has 0 fully saturated rings. The lowest BCUT2D eigenvalue weighted by molar-refractivity contribution is -0.123. The number of carbonyl (C=O) groups is 2. The van der Waals surface area contributed by atoms with Crippen LogP contribution in [0.1, 0.15) is 22.7 Å². The van der Waals surface area contributed by atoms with E-state index in [2.05, 4.69) is 15.8 Å². The van der Waals surface area contributed by atoms with Crippen LogP contribution in [-0.2, 0) is 4.79 Å². The van der Waals surface area contributed by atoms with E-state index < -0.39 is 23.7 Å². The first-order valence-electron chi connectivity index (χ1n) is 8.09. The van der Waals surface area contributed by atoms with Crippen LogP contribution in [0.2, 0.25) is 5.02 Å². The van der Waals surface area contributed by atoms with Gasteiger partial charge < -0.3 is 25.0 Å². The molecule has 0 radical (unpaired) electrons. The molecule has 0 aliphatic rings. The number of hydrogen-bond acceptors (Lipinski definition) is 6. The minimum atomic E-state index is -0.857. The number of hydrogen-bond donors (Lipinski definition) is 3. The van der Waals surface area contributed by atoms with Gasteiger partial charge in [-0.2, -0.15) is 0 Å². The number of aromatic nitrogens is 1. The summed E-state index contributed by atoms with van der Waals surface area (Å²) in [5.74, 6) is -1.32. The van der Waals surface area contributed by atoms with Gasteiger partial charge in [-0.3, -0.25) is 9.59 Å². The number of carbonyl (C=O) groups excluding carboxylic acids is 2. The Labute approximate surface area is 159 Å². The maximum Gasteiger partial charge on any atom is 0.289 e. The molecule has 1 atom stereocenters. The van der Waals surface area contributed by atoms with Crippen LogP contribution in [0.5, 0.6) is 5.75 Å². The lowest BCUT2D eigenvalue weighted by Gasteiger charge is -2.12. The van der Waals surface area contributed by atoms with Crippen molar-refractivity contribution < 1.29 is 28.3 Å². The van der Waals surface area contributed by atoms with Gasteiger partial charge in [-0.05, 0) is 25.5 Å². The number of aliphatic hydroxyl groups excluding tert-OH is 1. The van der Waals surface area contributed by atoms with Gasteiger partial charge in [-0.25, -0.2) is 4.39 Å². The molecule has 1 aromatic carbocycles. The van der Waals surface area contributed by atoms with E-state index in [9.17, 15) is 19.1 Å². The summed E-state index contributed by atoms with van der Waals surface area (Å²) in [5.41, 5.74) is 0.576. The molecule has 8 nitrogen and oxygen atoms in total. The molecule has 27 heavy (non-hydrogen) atoms. The first-order valence-corrected chi connectivity index (χ1v) is 8.47. The Hall–Kier alpha value is -2.65. The Kier molecular flexibility index (Phi) is 7.56. The van der Waals surface area contributed by atoms with Crippen LogP contribution in [0.25, 0.3) is 0 Å². The Bertz CT molecular complexity index is 799. The number of nitrogens with one attached hydrogen (secondary N) is 2. The molecule has 0 spiro atoms. The third kappa shape index (κ3) is 6.87. The summed E-state index contributed by atoms with van der Waals surface area (Å²) in [7, 11) is 0. The Morgan fingerprint density at radius 1 is 1.37 bits per heavy atom. The van der Waals surface area contributed by atoms with Crippen molar-refractivity contribution in [3.63, 3.8) is 0 Å². The van der Waals surface area contributed by atoms with E-state index in [4.69, 9.17) is 20.9 Å². The average Bonchev–Trinajstić information content (AvgIpc) is 3.07. The van der Waals surface area contributed by atoms with E-state index in [1.165, 1.54) is 18.2 Å². The number of amides is 2. The van der Waals surface area contributed by atoms with Crippen molar-refractivity contribution in [3.05, 3.63) is 46.6 Å². The van der Waals surface area contributed by atoms with Gasteiger partial charge >= 0.3 is 0 Å². The standard InChI is InChI=1S/C17H19ClFN3O5/c1-10-6-15(27-22-10)17(25)21-8-11(23)4-5-20-16(24)9-26-12-2-3-13(18)14(19)7-12/h2-3,6-7,11,23H,4-5,8-9H2,1H3,(H,20,24)(H,21,25). The van der Waals surface area contributed by atoms with Crippen molar-refractivity contribution in [2.75, 3.05) is 19.7 Å². The molecule has 2 aromatic rings. The smallest absolute Gasteiger partial charge is 0.289 e. The summed E-state index contributed by atoms with van der Waals surface area (Å²) in [6.45, 7) is 1.55. The van der Waals surface area contributed by atoms with Crippen LogP contribution in [0, 0.1) is 12.7 Å². The van der Waals surface area contributed by atoms with E-state index in [0.29, 0.717) is 5.69 Å². The Balaban J connectivity index is 1.61. The number of nitrogens with zero attached hydrogens (tertiary/aromatic N) is 1. The lowest BCUT2D eigenvalue weighted by Crippen LogP contribution is -2.36. The zero-order valence-corrected chi connectivity index (χ0v) is 15.3. The predicted octanol–water partition coefficient (Wildman–Crippen LogP) is 1.45. The topological polar surface area (TPSA) is 114 Å². The molecule has 3 N–H and O–H groups in total. The highest BCUT2D eigenvalue weighted by Crippen LogP contribution is 2.20. The fraction of sp³-hybridized carbons (Fsp3) is 0.353. The lowest BCUT2D eigenvalue weighted by atomic mass is 10.2. The van der Waals surface area contributed by atoms with Gasteiger partial charge in [0.05, 0.1) is 16.8 Å². The molecule has 0 saturated carbocycles. The molecule has 1 heterocycles. The molecule has 146 valence electrons. The quantitative estimate of drug-likeness (QED) is 0.588. The van der Waals surface area contributed by atoms with Crippen molar-refractivity contribution in [1.29, 1.82) is 0 Å². The first kappa shape index (κ1) is 20.7. The van der Waals surface area contributed by atoms with E-state index in [-0.39, 0.29) is 42.6 Å². The average molecular weight is 400 g/mol. The van der Waals surface area contributed by atoms with Crippen molar-refractivity contribution in [3.8, 4) is 5.75 Å². The van der Waals surface area contributed by atoms with Crippen LogP contribution < -0.4 is 15.4 Å². The minimum Gasteiger partial charge on any atom is -0.484 e. The third-order valence-corrected chi connectivity index (χ3v) is 3.72. The number of rotatable bonds is 9. The maximum atomic E-state index is 13.3. The van der Waals surface area contributed by atoms with Crippen LogP contribution in [-0.4, -0.2) is 47.9 Å². The van der Waals surface area contributed by atoms with Gasteiger partial charge in [0.15, 0.2) is 6.61 Å². The maximum absolute atomic E-state index is 13.3. The number of benzene rings is 1. The summed E-state index contributed by atoms with van der Waals surface area (Å²) < 4.78 is 23.2. The molecular formula is C17H19ClFN3O5. The van der Waals surface area contributed by atoms with Crippen LogP contribution in [0.3, 0.4) is 0 Å². The van der Waals surface area contributed by atoms with Crippen LogP contribution in [0.15, 0.2) is 28.8 Å². The largest absolute Gasteiger partial charge is 0.484 e. The van der Waals surface area contributed by atoms with Crippen molar-refractivity contribution >= 4 is 23.4 Å². The zero-order valence-electron chi connectivity index (χ0n) is 14.5. The van der Waals surface area contributed by atoms with Gasteiger partial charge in [0.1, 0.15) is 11.6 Å². The molecule has 0 bridgehead atoms. The predicted molar refractivity (Wildman–Crippen MR) is 94.1 cm³/mol. The molecule has 10 heteroatoms. The summed E-state index contributed by atoms with van der Waals surface area (Å²) >= 11 is 5.55. The molecule has 1 unspecified atom stereocenters. The second-order valence-electron chi connectivity index (χ2n) is 5.70. The van der Waals surface area contributed by atoms with Gasteiger partial charge in [0.25, 0.3) is 11.8 Å². The second kappa shape index (κ2) is 9.89. The van der Waals surface area contributed by atoms with Gasteiger partial charge in [0, 0.05) is 25.2 Å². The molecule has 0 aliphatic heterocycles. The number of aryl methyl sites for hydroxylation is 1. The second-order valence-corrected chi connectivity index (χ2v) is 6.11. The van der Waals surface area contributed by atoms with Crippen molar-refractivity contribution in [1.82, 2.24) is 15.8 Å². The first-order chi connectivity index (χ1) is 12.8.